The number of fused-ring (bicyclic) bond motifs is 1. The van der Waals surface area contributed by atoms with Crippen molar-refractivity contribution in [2.75, 3.05) is 10.6 Å². The van der Waals surface area contributed by atoms with E-state index in [1.807, 2.05) is 0 Å². The summed E-state index contributed by atoms with van der Waals surface area (Å²) in [4.78, 5) is 41.5. The second-order valence-corrected chi connectivity index (χ2v) is 7.25. The number of nitrogens with one attached hydrogen (secondary N) is 2. The SMILES string of the molecule is C[C@@H](O)[C@H]1C(=O)N2C(C(=O)O)=C(c3ccc(NC(=O)Nc4ccccn4)cc3)C[C@H]12. The maximum Gasteiger partial charge on any atom is 0.352 e. The molecule has 0 bridgehead atoms. The van der Waals surface area contributed by atoms with E-state index in [1.54, 1.807) is 48.7 Å². The van der Waals surface area contributed by atoms with Gasteiger partial charge >= 0.3 is 12.0 Å². The minimum Gasteiger partial charge on any atom is -0.477 e. The largest absolute Gasteiger partial charge is 0.477 e. The predicted octanol–water partition coefficient (Wildman–Crippen LogP) is 2.13. The number of urea groups is 1. The standard InChI is InChI=1S/C21H20N4O5/c1-11(26)17-15-10-14(18(20(28)29)25(15)19(17)27)12-5-7-13(8-6-12)23-21(30)24-16-4-2-3-9-22-16/h2-9,11,15,17,26H,10H2,1H3,(H,28,29)(H2,22,23,24,30)/t11-,15-,17-/m1/s1. The van der Waals surface area contributed by atoms with E-state index < -0.39 is 24.0 Å². The number of carboxylic acid groups (broad SMARTS) is 1. The van der Waals surface area contributed by atoms with Crippen LogP contribution in [-0.2, 0) is 9.59 Å². The summed E-state index contributed by atoms with van der Waals surface area (Å²) in [5, 5.41) is 24.8. The third-order valence-corrected chi connectivity index (χ3v) is 5.33. The summed E-state index contributed by atoms with van der Waals surface area (Å²) in [5.74, 6) is -1.72. The highest BCUT2D eigenvalue weighted by atomic mass is 16.4. The van der Waals surface area contributed by atoms with Crippen LogP contribution < -0.4 is 10.6 Å². The van der Waals surface area contributed by atoms with Crippen molar-refractivity contribution in [2.24, 2.45) is 5.92 Å². The first-order chi connectivity index (χ1) is 14.4. The smallest absolute Gasteiger partial charge is 0.352 e. The number of pyridine rings is 1. The molecule has 2 aliphatic heterocycles. The molecule has 9 nitrogen and oxygen atoms in total. The van der Waals surface area contributed by atoms with Gasteiger partial charge in [-0.25, -0.2) is 14.6 Å². The first-order valence-corrected chi connectivity index (χ1v) is 9.44. The highest BCUT2D eigenvalue weighted by molar-refractivity contribution is 6.06. The summed E-state index contributed by atoms with van der Waals surface area (Å²) in [5.41, 5.74) is 1.66. The van der Waals surface area contributed by atoms with Crippen LogP contribution in [-0.4, -0.2) is 50.2 Å². The number of carboxylic acids is 1. The Balaban J connectivity index is 1.50. The number of rotatable bonds is 5. The number of aromatic nitrogens is 1. The van der Waals surface area contributed by atoms with Gasteiger partial charge in [-0.3, -0.25) is 10.1 Å². The first-order valence-electron chi connectivity index (χ1n) is 9.44. The second kappa shape index (κ2) is 7.60. The average molecular weight is 408 g/mol. The highest BCUT2D eigenvalue weighted by Gasteiger charge is 2.56. The van der Waals surface area contributed by atoms with Crippen LogP contribution in [0.3, 0.4) is 0 Å². The summed E-state index contributed by atoms with van der Waals surface area (Å²) in [7, 11) is 0. The molecular weight excluding hydrogens is 388 g/mol. The number of carbonyl (C=O) groups is 3. The van der Waals surface area contributed by atoms with Gasteiger partial charge in [-0.2, -0.15) is 0 Å². The Morgan fingerprint density at radius 2 is 1.90 bits per heavy atom. The fourth-order valence-corrected chi connectivity index (χ4v) is 4.00. The molecule has 0 unspecified atom stereocenters. The number of aliphatic hydroxyl groups is 1. The van der Waals surface area contributed by atoms with E-state index in [1.165, 1.54) is 11.8 Å². The minimum atomic E-state index is -1.18. The molecule has 1 aromatic carbocycles. The zero-order valence-electron chi connectivity index (χ0n) is 16.1. The molecule has 0 aliphatic carbocycles. The number of carbonyl (C=O) groups excluding carboxylic acids is 2. The van der Waals surface area contributed by atoms with Crippen molar-refractivity contribution in [3.63, 3.8) is 0 Å². The number of β-lactam (4-membered cyclic amide) rings is 1. The summed E-state index contributed by atoms with van der Waals surface area (Å²) < 4.78 is 0. The van der Waals surface area contributed by atoms with Gasteiger partial charge in [0.2, 0.25) is 5.91 Å². The Morgan fingerprint density at radius 3 is 2.50 bits per heavy atom. The van der Waals surface area contributed by atoms with Gasteiger partial charge in [0.15, 0.2) is 0 Å². The number of hydrogen-bond donors (Lipinski definition) is 4. The summed E-state index contributed by atoms with van der Waals surface area (Å²) >= 11 is 0. The maximum absolute atomic E-state index is 12.3. The molecular formula is C21H20N4O5. The van der Waals surface area contributed by atoms with Crippen LogP contribution in [0, 0.1) is 5.92 Å². The summed E-state index contributed by atoms with van der Waals surface area (Å²) in [6.45, 7) is 1.54. The van der Waals surface area contributed by atoms with Crippen molar-refractivity contribution in [3.05, 3.63) is 59.9 Å². The average Bonchev–Trinajstić information content (AvgIpc) is 3.04. The van der Waals surface area contributed by atoms with E-state index >= 15 is 0 Å². The second-order valence-electron chi connectivity index (χ2n) is 7.25. The van der Waals surface area contributed by atoms with E-state index in [0.29, 0.717) is 29.1 Å². The molecule has 154 valence electrons. The predicted molar refractivity (Wildman–Crippen MR) is 108 cm³/mol. The topological polar surface area (TPSA) is 132 Å². The number of aliphatic carboxylic acids is 1. The Bertz CT molecular complexity index is 1030. The number of anilines is 2. The first kappa shape index (κ1) is 19.6. The molecule has 2 aromatic rings. The van der Waals surface area contributed by atoms with Crippen molar-refractivity contribution in [3.8, 4) is 0 Å². The molecule has 9 heteroatoms. The highest BCUT2D eigenvalue weighted by Crippen LogP contribution is 2.46. The Labute approximate surface area is 172 Å². The molecule has 1 saturated heterocycles. The van der Waals surface area contributed by atoms with Gasteiger partial charge in [-0.15, -0.1) is 0 Å². The monoisotopic (exact) mass is 408 g/mol. The van der Waals surface area contributed by atoms with E-state index in [2.05, 4.69) is 15.6 Å². The normalized spacial score (nSPS) is 21.0. The van der Waals surface area contributed by atoms with Gasteiger partial charge in [0, 0.05) is 11.9 Å². The van der Waals surface area contributed by atoms with Gasteiger partial charge in [-0.05, 0) is 48.7 Å². The van der Waals surface area contributed by atoms with Crippen LogP contribution in [0.25, 0.3) is 5.57 Å². The third-order valence-electron chi connectivity index (χ3n) is 5.33. The summed E-state index contributed by atoms with van der Waals surface area (Å²) in [6, 6.07) is 11.1. The quantitative estimate of drug-likeness (QED) is 0.561. The van der Waals surface area contributed by atoms with Gasteiger partial charge in [0.1, 0.15) is 11.5 Å². The van der Waals surface area contributed by atoms with Crippen LogP contribution in [0.2, 0.25) is 0 Å². The van der Waals surface area contributed by atoms with Crippen LogP contribution in [0.4, 0.5) is 16.3 Å². The van der Waals surface area contributed by atoms with Crippen molar-refractivity contribution in [1.82, 2.24) is 9.88 Å². The maximum atomic E-state index is 12.3. The zero-order chi connectivity index (χ0) is 21.4. The number of benzene rings is 1. The Kier molecular flexibility index (Phi) is 4.96. The summed E-state index contributed by atoms with van der Waals surface area (Å²) in [6.07, 6.45) is 1.09. The number of amides is 3. The van der Waals surface area contributed by atoms with Crippen molar-refractivity contribution in [1.29, 1.82) is 0 Å². The van der Waals surface area contributed by atoms with Gasteiger partial charge in [-0.1, -0.05) is 18.2 Å². The number of nitrogens with zero attached hydrogens (tertiary/aromatic N) is 2. The molecule has 3 atom stereocenters. The molecule has 4 rings (SSSR count). The van der Waals surface area contributed by atoms with Gasteiger partial charge in [0.05, 0.1) is 18.1 Å². The number of aliphatic hydroxyl groups excluding tert-OH is 1. The molecule has 1 fully saturated rings. The molecule has 3 heterocycles. The lowest BCUT2D eigenvalue weighted by Crippen LogP contribution is -2.61. The van der Waals surface area contributed by atoms with Gasteiger partial charge < -0.3 is 20.4 Å². The molecule has 0 radical (unpaired) electrons. The van der Waals surface area contributed by atoms with Crippen LogP contribution in [0.15, 0.2) is 54.4 Å². The fraction of sp³-hybridized carbons (Fsp3) is 0.238. The van der Waals surface area contributed by atoms with Crippen LogP contribution >= 0.6 is 0 Å². The van der Waals surface area contributed by atoms with Crippen molar-refractivity contribution < 1.29 is 24.6 Å². The molecule has 0 spiro atoms. The van der Waals surface area contributed by atoms with E-state index in [0.717, 1.165) is 0 Å². The lowest BCUT2D eigenvalue weighted by molar-refractivity contribution is -0.161. The minimum absolute atomic E-state index is 0.0458. The van der Waals surface area contributed by atoms with Crippen molar-refractivity contribution >= 4 is 35.0 Å². The Morgan fingerprint density at radius 1 is 1.17 bits per heavy atom. The van der Waals surface area contributed by atoms with Gasteiger partial charge in [0.25, 0.3) is 0 Å². The molecule has 3 amide bonds. The lowest BCUT2D eigenvalue weighted by atomic mass is 9.82. The van der Waals surface area contributed by atoms with E-state index in [9.17, 15) is 24.6 Å². The van der Waals surface area contributed by atoms with Crippen LogP contribution in [0.1, 0.15) is 18.9 Å². The number of hydrogen-bond acceptors (Lipinski definition) is 5. The van der Waals surface area contributed by atoms with E-state index in [-0.39, 0.29) is 17.6 Å². The fourth-order valence-electron chi connectivity index (χ4n) is 4.00. The Hall–Kier alpha value is -3.72. The molecule has 2 aliphatic rings. The van der Waals surface area contributed by atoms with Crippen LogP contribution in [0.5, 0.6) is 0 Å². The molecule has 30 heavy (non-hydrogen) atoms. The molecule has 4 N–H and O–H groups in total. The third kappa shape index (κ3) is 3.39. The zero-order valence-corrected chi connectivity index (χ0v) is 16.1. The lowest BCUT2D eigenvalue weighted by Gasteiger charge is -2.44. The van der Waals surface area contributed by atoms with Crippen molar-refractivity contribution in [2.45, 2.75) is 25.5 Å². The van der Waals surface area contributed by atoms with E-state index in [4.69, 9.17) is 0 Å². The molecule has 0 saturated carbocycles. The molecule has 1 aromatic heterocycles.